The van der Waals surface area contributed by atoms with Crippen LogP contribution < -0.4 is 16.0 Å². The molecule has 9 heteroatoms. The number of nitrogens with zero attached hydrogens (tertiary/aromatic N) is 4. The number of aromatic nitrogens is 4. The lowest BCUT2D eigenvalue weighted by molar-refractivity contribution is 0.0912. The number of thiophene rings is 1. The normalized spacial score (nSPS) is 17.4. The molecule has 0 saturated heterocycles. The molecule has 3 N–H and O–H groups in total. The topological polar surface area (TPSA) is 96.8 Å². The SMILES string of the molecule is Cn1ccc(Nc2cc(Nc3cc4c(s3)C(=O)NC43CCCCC3)ncn2)n1. The van der Waals surface area contributed by atoms with E-state index < -0.39 is 0 Å². The predicted octanol–water partition coefficient (Wildman–Crippen LogP) is 3.66. The van der Waals surface area contributed by atoms with E-state index in [1.54, 1.807) is 4.68 Å². The molecule has 2 aliphatic rings. The van der Waals surface area contributed by atoms with E-state index in [1.165, 1.54) is 24.1 Å². The summed E-state index contributed by atoms with van der Waals surface area (Å²) in [5.41, 5.74) is 0.976. The highest BCUT2D eigenvalue weighted by molar-refractivity contribution is 7.18. The minimum Gasteiger partial charge on any atom is -0.342 e. The molecule has 0 atom stereocenters. The third kappa shape index (κ3) is 3.01. The number of amides is 1. The van der Waals surface area contributed by atoms with E-state index in [9.17, 15) is 4.79 Å². The minimum atomic E-state index is -0.168. The molecule has 28 heavy (non-hydrogen) atoms. The molecule has 3 aromatic heterocycles. The second kappa shape index (κ2) is 6.59. The second-order valence-corrected chi connectivity index (χ2v) is 8.42. The zero-order valence-corrected chi connectivity index (χ0v) is 16.3. The number of rotatable bonds is 4. The highest BCUT2D eigenvalue weighted by Crippen LogP contribution is 2.47. The van der Waals surface area contributed by atoms with E-state index in [2.05, 4.69) is 37.1 Å². The fourth-order valence-corrected chi connectivity index (χ4v) is 5.16. The van der Waals surface area contributed by atoms with Crippen LogP contribution in [-0.4, -0.2) is 25.7 Å². The van der Waals surface area contributed by atoms with Gasteiger partial charge in [0.1, 0.15) is 18.0 Å². The Bertz CT molecular complexity index is 1030. The van der Waals surface area contributed by atoms with Gasteiger partial charge in [0.25, 0.3) is 5.91 Å². The third-order valence-electron chi connectivity index (χ3n) is 5.40. The first-order valence-corrected chi connectivity index (χ1v) is 10.3. The first-order valence-electron chi connectivity index (χ1n) is 9.44. The van der Waals surface area contributed by atoms with Crippen LogP contribution >= 0.6 is 11.3 Å². The molecule has 1 aliphatic heterocycles. The number of carbonyl (C=O) groups excluding carboxylic acids is 1. The van der Waals surface area contributed by atoms with Gasteiger partial charge in [-0.05, 0) is 18.9 Å². The highest BCUT2D eigenvalue weighted by Gasteiger charge is 2.44. The molecule has 8 nitrogen and oxygen atoms in total. The summed E-state index contributed by atoms with van der Waals surface area (Å²) in [7, 11) is 1.86. The predicted molar refractivity (Wildman–Crippen MR) is 108 cm³/mol. The van der Waals surface area contributed by atoms with Crippen molar-refractivity contribution in [2.75, 3.05) is 10.6 Å². The van der Waals surface area contributed by atoms with E-state index in [0.29, 0.717) is 11.6 Å². The Hall–Kier alpha value is -2.94. The van der Waals surface area contributed by atoms with Gasteiger partial charge >= 0.3 is 0 Å². The molecule has 0 bridgehead atoms. The van der Waals surface area contributed by atoms with Gasteiger partial charge in [0.15, 0.2) is 5.82 Å². The molecule has 0 aromatic carbocycles. The number of fused-ring (bicyclic) bond motifs is 2. The number of hydrogen-bond donors (Lipinski definition) is 3. The molecule has 1 amide bonds. The van der Waals surface area contributed by atoms with Crippen LogP contribution in [0.4, 0.5) is 22.5 Å². The molecular weight excluding hydrogens is 374 g/mol. The first-order chi connectivity index (χ1) is 13.6. The van der Waals surface area contributed by atoms with Gasteiger partial charge in [0.2, 0.25) is 0 Å². The molecule has 3 aromatic rings. The molecule has 0 radical (unpaired) electrons. The van der Waals surface area contributed by atoms with Crippen molar-refractivity contribution >= 4 is 39.7 Å². The maximum atomic E-state index is 12.5. The van der Waals surface area contributed by atoms with Crippen LogP contribution in [-0.2, 0) is 12.6 Å². The van der Waals surface area contributed by atoms with Crippen molar-refractivity contribution in [1.29, 1.82) is 0 Å². The minimum absolute atomic E-state index is 0.0511. The summed E-state index contributed by atoms with van der Waals surface area (Å²) >= 11 is 1.49. The monoisotopic (exact) mass is 395 g/mol. The van der Waals surface area contributed by atoms with Crippen LogP contribution in [0, 0.1) is 0 Å². The summed E-state index contributed by atoms with van der Waals surface area (Å²) in [6.45, 7) is 0. The zero-order valence-electron chi connectivity index (χ0n) is 15.5. The lowest BCUT2D eigenvalue weighted by Gasteiger charge is -2.33. The molecule has 1 fully saturated rings. The van der Waals surface area contributed by atoms with E-state index >= 15 is 0 Å². The maximum absolute atomic E-state index is 12.5. The Labute approximate surface area is 166 Å². The van der Waals surface area contributed by atoms with Crippen LogP contribution in [0.1, 0.15) is 47.3 Å². The third-order valence-corrected chi connectivity index (χ3v) is 6.45. The number of carbonyl (C=O) groups is 1. The quantitative estimate of drug-likeness (QED) is 0.624. The standard InChI is InChI=1S/C19H21N7OS/c1-26-8-5-13(25-26)22-14-10-15(21-11-20-14)23-16-9-12-17(28-16)18(27)24-19(12)6-3-2-4-7-19/h5,8-11H,2-4,6-7H2,1H3,(H,24,27)(H2,20,21,22,23,25). The van der Waals surface area contributed by atoms with Crippen molar-refractivity contribution in [2.45, 2.75) is 37.6 Å². The molecule has 1 aliphatic carbocycles. The van der Waals surface area contributed by atoms with Crippen LogP contribution in [0.3, 0.4) is 0 Å². The van der Waals surface area contributed by atoms with Crippen molar-refractivity contribution < 1.29 is 4.79 Å². The number of hydrogen-bond acceptors (Lipinski definition) is 7. The maximum Gasteiger partial charge on any atom is 0.262 e. The Morgan fingerprint density at radius 3 is 2.64 bits per heavy atom. The Morgan fingerprint density at radius 2 is 1.89 bits per heavy atom. The number of nitrogens with one attached hydrogen (secondary N) is 3. The second-order valence-electron chi connectivity index (χ2n) is 7.36. The van der Waals surface area contributed by atoms with Gasteiger partial charge in [-0.1, -0.05) is 19.3 Å². The Balaban J connectivity index is 1.37. The summed E-state index contributed by atoms with van der Waals surface area (Å²) in [5, 5.41) is 14.9. The van der Waals surface area contributed by atoms with Crippen LogP contribution in [0.15, 0.2) is 30.7 Å². The van der Waals surface area contributed by atoms with Gasteiger partial charge in [0.05, 0.1) is 15.4 Å². The van der Waals surface area contributed by atoms with Crippen LogP contribution in [0.2, 0.25) is 0 Å². The zero-order chi connectivity index (χ0) is 19.1. The summed E-state index contributed by atoms with van der Waals surface area (Å²) < 4.78 is 1.72. The van der Waals surface area contributed by atoms with Crippen LogP contribution in [0.5, 0.6) is 0 Å². The lowest BCUT2D eigenvalue weighted by Crippen LogP contribution is -2.40. The van der Waals surface area contributed by atoms with E-state index in [4.69, 9.17) is 0 Å². The van der Waals surface area contributed by atoms with Gasteiger partial charge in [0, 0.05) is 30.9 Å². The van der Waals surface area contributed by atoms with E-state index in [0.717, 1.165) is 46.9 Å². The summed E-state index contributed by atoms with van der Waals surface area (Å²) in [5.74, 6) is 2.10. The molecule has 1 spiro atoms. The number of aryl methyl sites for hydroxylation is 1. The average molecular weight is 395 g/mol. The molecule has 0 unspecified atom stereocenters. The molecule has 1 saturated carbocycles. The van der Waals surface area contributed by atoms with Gasteiger partial charge in [-0.3, -0.25) is 9.48 Å². The number of anilines is 4. The van der Waals surface area contributed by atoms with Crippen LogP contribution in [0.25, 0.3) is 0 Å². The summed E-state index contributed by atoms with van der Waals surface area (Å²) in [6.07, 6.45) is 8.97. The molecular formula is C19H21N7OS. The van der Waals surface area contributed by atoms with Crippen molar-refractivity contribution in [2.24, 2.45) is 7.05 Å². The fraction of sp³-hybridized carbons (Fsp3) is 0.368. The molecule has 4 heterocycles. The van der Waals surface area contributed by atoms with Crippen molar-refractivity contribution in [3.05, 3.63) is 41.2 Å². The average Bonchev–Trinajstić information content (AvgIpc) is 3.34. The van der Waals surface area contributed by atoms with Crippen molar-refractivity contribution in [1.82, 2.24) is 25.1 Å². The summed E-state index contributed by atoms with van der Waals surface area (Å²) in [6, 6.07) is 5.81. The Morgan fingerprint density at radius 1 is 1.11 bits per heavy atom. The van der Waals surface area contributed by atoms with Crippen molar-refractivity contribution in [3.8, 4) is 0 Å². The smallest absolute Gasteiger partial charge is 0.262 e. The molecule has 5 rings (SSSR count). The first kappa shape index (κ1) is 17.2. The van der Waals surface area contributed by atoms with Crippen molar-refractivity contribution in [3.63, 3.8) is 0 Å². The Kier molecular flexibility index (Phi) is 4.04. The fourth-order valence-electron chi connectivity index (χ4n) is 4.10. The van der Waals surface area contributed by atoms with E-state index in [-0.39, 0.29) is 11.4 Å². The summed E-state index contributed by atoms with van der Waals surface area (Å²) in [4.78, 5) is 21.9. The van der Waals surface area contributed by atoms with Gasteiger partial charge in [-0.2, -0.15) is 5.10 Å². The van der Waals surface area contributed by atoms with E-state index in [1.807, 2.05) is 25.4 Å². The largest absolute Gasteiger partial charge is 0.342 e. The van der Waals surface area contributed by atoms with Gasteiger partial charge < -0.3 is 16.0 Å². The lowest BCUT2D eigenvalue weighted by atomic mass is 9.78. The van der Waals surface area contributed by atoms with Gasteiger partial charge in [-0.15, -0.1) is 11.3 Å². The molecule has 144 valence electrons. The van der Waals surface area contributed by atoms with Gasteiger partial charge in [-0.25, -0.2) is 9.97 Å². The highest BCUT2D eigenvalue weighted by atomic mass is 32.1.